The Bertz CT molecular complexity index is 3730. The van der Waals surface area contributed by atoms with Crippen LogP contribution in [0.25, 0.3) is 83.7 Å². The van der Waals surface area contributed by atoms with Crippen LogP contribution in [-0.4, -0.2) is 19.5 Å². The van der Waals surface area contributed by atoms with E-state index in [1.807, 2.05) is 6.07 Å². The molecular formula is C73H74N4. The summed E-state index contributed by atoms with van der Waals surface area (Å²) in [5, 5.41) is 2.57. The molecule has 4 heteroatoms. The second-order valence-electron chi connectivity index (χ2n) is 25.6. The molecule has 7 aromatic carbocycles. The summed E-state index contributed by atoms with van der Waals surface area (Å²) in [6.07, 6.45) is 16.8. The molecule has 0 saturated heterocycles. The van der Waals surface area contributed by atoms with Crippen molar-refractivity contribution in [3.05, 3.63) is 227 Å². The van der Waals surface area contributed by atoms with Gasteiger partial charge in [-0.1, -0.05) is 247 Å². The van der Waals surface area contributed by atoms with Gasteiger partial charge in [-0.25, -0.2) is 15.0 Å². The fourth-order valence-electron chi connectivity index (χ4n) is 11.3. The van der Waals surface area contributed by atoms with Crippen molar-refractivity contribution in [2.45, 2.75) is 130 Å². The standard InChI is InChI=1S/C73H74N4/c1-70(2,3)56-43-60-61-44-57(71(4,5)6)46-63(73(10,11)12)66(61)77(65(60)62(45-56)72(7,8)9)64-58(51-37-33-49(34-38-51)47-25-17-13-18-26-47)41-55(42-59(64)52-39-35-50(36-40-52)48-27-19-14-20-28-48)69-75-67(53-29-21-15-22-30-53)74-68(76-69)54-31-23-16-24-32-54/h13-15,17-23,25-35,37-46,50H,16,24,36H2,1-12H3. The smallest absolute Gasteiger partial charge is 0.164 e. The number of aromatic nitrogens is 4. The summed E-state index contributed by atoms with van der Waals surface area (Å²) in [5.41, 5.74) is 19.5. The van der Waals surface area contributed by atoms with Crippen LogP contribution in [0.4, 0.5) is 0 Å². The molecule has 77 heavy (non-hydrogen) atoms. The van der Waals surface area contributed by atoms with Crippen molar-refractivity contribution < 1.29 is 0 Å². The van der Waals surface area contributed by atoms with E-state index >= 15 is 0 Å². The van der Waals surface area contributed by atoms with Gasteiger partial charge in [-0.05, 0) is 115 Å². The quantitative estimate of drug-likeness (QED) is 0.152. The maximum absolute atomic E-state index is 5.44. The average molecular weight is 1010 g/mol. The molecule has 2 heterocycles. The summed E-state index contributed by atoms with van der Waals surface area (Å²) >= 11 is 0. The van der Waals surface area contributed by atoms with Gasteiger partial charge in [0.15, 0.2) is 17.5 Å². The molecule has 11 rings (SSSR count). The predicted molar refractivity (Wildman–Crippen MR) is 328 cm³/mol. The molecule has 0 N–H and O–H groups in total. The number of hydrogen-bond acceptors (Lipinski definition) is 3. The van der Waals surface area contributed by atoms with Gasteiger partial charge >= 0.3 is 0 Å². The third kappa shape index (κ3) is 10.1. The van der Waals surface area contributed by atoms with Crippen LogP contribution in [-0.2, 0) is 21.7 Å². The molecule has 1 atom stereocenters. The summed E-state index contributed by atoms with van der Waals surface area (Å²) in [6, 6.07) is 56.1. The van der Waals surface area contributed by atoms with Crippen LogP contribution in [0, 0.1) is 0 Å². The Balaban J connectivity index is 1.33. The number of rotatable bonds is 8. The number of allylic oxidation sites excluding steroid dienone is 8. The van der Waals surface area contributed by atoms with E-state index in [9.17, 15) is 0 Å². The van der Waals surface area contributed by atoms with Crippen molar-refractivity contribution in [3.8, 4) is 50.7 Å². The topological polar surface area (TPSA) is 43.6 Å². The lowest BCUT2D eigenvalue weighted by molar-refractivity contribution is 0.571. The van der Waals surface area contributed by atoms with Gasteiger partial charge in [0.25, 0.3) is 0 Å². The van der Waals surface area contributed by atoms with E-state index in [2.05, 4.69) is 270 Å². The molecule has 0 radical (unpaired) electrons. The van der Waals surface area contributed by atoms with Gasteiger partial charge in [0.05, 0.1) is 16.7 Å². The van der Waals surface area contributed by atoms with Crippen LogP contribution in [0.2, 0.25) is 0 Å². The third-order valence-electron chi connectivity index (χ3n) is 15.8. The summed E-state index contributed by atoms with van der Waals surface area (Å²) in [7, 11) is 0. The second kappa shape index (κ2) is 19.7. The number of benzene rings is 7. The number of nitrogens with zero attached hydrogens (tertiary/aromatic N) is 4. The van der Waals surface area contributed by atoms with Crippen molar-refractivity contribution in [2.75, 3.05) is 0 Å². The zero-order valence-corrected chi connectivity index (χ0v) is 47.4. The Kier molecular flexibility index (Phi) is 13.2. The van der Waals surface area contributed by atoms with Gasteiger partial charge in [0, 0.05) is 44.5 Å². The minimum atomic E-state index is -0.220. The molecule has 4 nitrogen and oxygen atoms in total. The fourth-order valence-corrected chi connectivity index (χ4v) is 11.3. The van der Waals surface area contributed by atoms with E-state index in [-0.39, 0.29) is 27.6 Å². The fraction of sp³-hybridized carbons (Fsp3) is 0.274. The molecule has 0 saturated carbocycles. The van der Waals surface area contributed by atoms with E-state index in [0.29, 0.717) is 17.5 Å². The Hall–Kier alpha value is -7.69. The van der Waals surface area contributed by atoms with Crippen molar-refractivity contribution in [1.29, 1.82) is 0 Å². The van der Waals surface area contributed by atoms with Gasteiger partial charge < -0.3 is 4.57 Å². The van der Waals surface area contributed by atoms with E-state index < -0.39 is 0 Å². The SMILES string of the molecule is CC(C)(C)c1cc(C(C)(C)C)c2c(c1)c1cc(C(C)(C)C)cc(C(C)(C)C)c1n2-c1c(C2=CCC(c3ccccc3)C=C2)cc(-c2nc(C3=CCCC=C3)nc(-c3ccccc3)n2)cc1-c1ccc(-c2ccccc2)cc1. The molecule has 2 aliphatic carbocycles. The first kappa shape index (κ1) is 51.4. The molecular weight excluding hydrogens is 933 g/mol. The van der Waals surface area contributed by atoms with Gasteiger partial charge in [-0.2, -0.15) is 0 Å². The zero-order chi connectivity index (χ0) is 54.0. The largest absolute Gasteiger partial charge is 0.307 e. The maximum atomic E-state index is 5.44. The summed E-state index contributed by atoms with van der Waals surface area (Å²) < 4.78 is 2.72. The van der Waals surface area contributed by atoms with Gasteiger partial charge in [-0.15, -0.1) is 0 Å². The highest BCUT2D eigenvalue weighted by molar-refractivity contribution is 6.14. The third-order valence-corrected chi connectivity index (χ3v) is 15.8. The van der Waals surface area contributed by atoms with Crippen LogP contribution < -0.4 is 0 Å². The highest BCUT2D eigenvalue weighted by atomic mass is 15.0. The number of hydrogen-bond donors (Lipinski definition) is 0. The highest BCUT2D eigenvalue weighted by Gasteiger charge is 2.34. The molecule has 386 valence electrons. The molecule has 2 aromatic heterocycles. The number of fused-ring (bicyclic) bond motifs is 3. The lowest BCUT2D eigenvalue weighted by Gasteiger charge is -2.30. The van der Waals surface area contributed by atoms with Gasteiger partial charge in [0.2, 0.25) is 0 Å². The van der Waals surface area contributed by atoms with E-state index in [1.165, 1.54) is 66.3 Å². The molecule has 9 aromatic rings. The van der Waals surface area contributed by atoms with Crippen LogP contribution in [0.3, 0.4) is 0 Å². The minimum Gasteiger partial charge on any atom is -0.307 e. The Labute approximate surface area is 458 Å². The summed E-state index contributed by atoms with van der Waals surface area (Å²) in [4.78, 5) is 16.1. The van der Waals surface area contributed by atoms with Crippen LogP contribution in [0.1, 0.15) is 147 Å². The van der Waals surface area contributed by atoms with E-state index in [0.717, 1.165) is 58.3 Å². The average Bonchev–Trinajstić information content (AvgIpc) is 4.05. The van der Waals surface area contributed by atoms with Crippen molar-refractivity contribution in [3.63, 3.8) is 0 Å². The Morgan fingerprint density at radius 2 is 0.909 bits per heavy atom. The predicted octanol–water partition coefficient (Wildman–Crippen LogP) is 19.7. The zero-order valence-electron chi connectivity index (χ0n) is 47.4. The summed E-state index contributed by atoms with van der Waals surface area (Å²) in [6.45, 7) is 28.5. The van der Waals surface area contributed by atoms with E-state index in [4.69, 9.17) is 15.0 Å². The van der Waals surface area contributed by atoms with Crippen molar-refractivity contribution in [1.82, 2.24) is 19.5 Å². The first-order valence-corrected chi connectivity index (χ1v) is 27.9. The van der Waals surface area contributed by atoms with Crippen molar-refractivity contribution in [2.24, 2.45) is 0 Å². The first-order valence-electron chi connectivity index (χ1n) is 27.9. The lowest BCUT2D eigenvalue weighted by atomic mass is 9.78. The molecule has 0 aliphatic heterocycles. The van der Waals surface area contributed by atoms with Crippen LogP contribution >= 0.6 is 0 Å². The van der Waals surface area contributed by atoms with E-state index in [1.54, 1.807) is 0 Å². The highest BCUT2D eigenvalue weighted by Crippen LogP contribution is 2.50. The first-order chi connectivity index (χ1) is 36.7. The van der Waals surface area contributed by atoms with Gasteiger partial charge in [0.1, 0.15) is 0 Å². The molecule has 0 bridgehead atoms. The maximum Gasteiger partial charge on any atom is 0.164 e. The molecule has 0 spiro atoms. The summed E-state index contributed by atoms with van der Waals surface area (Å²) in [5.74, 6) is 2.24. The second-order valence-corrected chi connectivity index (χ2v) is 25.6. The molecule has 0 fully saturated rings. The lowest BCUT2D eigenvalue weighted by Crippen LogP contribution is -2.19. The van der Waals surface area contributed by atoms with Crippen LogP contribution in [0.5, 0.6) is 0 Å². The molecule has 2 aliphatic rings. The van der Waals surface area contributed by atoms with Crippen LogP contribution in [0.15, 0.2) is 188 Å². The Morgan fingerprint density at radius 1 is 0.416 bits per heavy atom. The minimum absolute atomic E-state index is 0.0893. The normalized spacial score (nSPS) is 15.3. The monoisotopic (exact) mass is 1010 g/mol. The molecule has 0 amide bonds. The van der Waals surface area contributed by atoms with Gasteiger partial charge in [-0.3, -0.25) is 0 Å². The van der Waals surface area contributed by atoms with Crippen molar-refractivity contribution >= 4 is 33.0 Å². The Morgan fingerprint density at radius 3 is 1.42 bits per heavy atom. The molecule has 1 unspecified atom stereocenters.